The Morgan fingerprint density at radius 2 is 2.26 bits per heavy atom. The van der Waals surface area contributed by atoms with Crippen LogP contribution in [0.3, 0.4) is 0 Å². The minimum Gasteiger partial charge on any atom is -0.481 e. The number of thioether (sulfide) groups is 1. The zero-order valence-corrected chi connectivity index (χ0v) is 12.6. The van der Waals surface area contributed by atoms with Crippen molar-refractivity contribution in [1.29, 1.82) is 0 Å². The Morgan fingerprint density at radius 1 is 1.58 bits per heavy atom. The van der Waals surface area contributed by atoms with Gasteiger partial charge in [0.25, 0.3) is 0 Å². The van der Waals surface area contributed by atoms with Gasteiger partial charge >= 0.3 is 5.97 Å². The molecule has 0 amide bonds. The van der Waals surface area contributed by atoms with Gasteiger partial charge in [-0.05, 0) is 22.0 Å². The average molecular weight is 348 g/mol. The molecular weight excluding hydrogens is 337 g/mol. The van der Waals surface area contributed by atoms with E-state index in [0.717, 1.165) is 11.8 Å². The first-order valence-electron chi connectivity index (χ1n) is 5.30. The van der Waals surface area contributed by atoms with E-state index in [9.17, 15) is 9.18 Å². The Hall–Kier alpha value is -1.28. The molecule has 0 bridgehead atoms. The molecule has 2 aromatic rings. The minimum atomic E-state index is -0.922. The zero-order chi connectivity index (χ0) is 14.2. The Morgan fingerprint density at radius 3 is 2.84 bits per heavy atom. The number of fused-ring (bicyclic) bond motifs is 1. The van der Waals surface area contributed by atoms with Gasteiger partial charge in [0.1, 0.15) is 5.82 Å². The van der Waals surface area contributed by atoms with Gasteiger partial charge in [-0.15, -0.1) is 0 Å². The van der Waals surface area contributed by atoms with Crippen molar-refractivity contribution in [2.45, 2.75) is 5.16 Å². The monoisotopic (exact) mass is 347 g/mol. The van der Waals surface area contributed by atoms with Gasteiger partial charge in [0, 0.05) is 20.2 Å². The third-order valence-electron chi connectivity index (χ3n) is 2.37. The summed E-state index contributed by atoms with van der Waals surface area (Å²) in [4.78, 5) is 15.0. The molecule has 0 aliphatic rings. The molecule has 19 heavy (non-hydrogen) atoms. The van der Waals surface area contributed by atoms with Crippen molar-refractivity contribution in [2.24, 2.45) is 0 Å². The Labute approximate surface area is 121 Å². The highest BCUT2D eigenvalue weighted by Crippen LogP contribution is 2.28. The molecular formula is C11H11BrFN3O2S. The smallest absolute Gasteiger partial charge is 0.313 e. The van der Waals surface area contributed by atoms with Crippen molar-refractivity contribution in [3.8, 4) is 0 Å². The Kier molecular flexibility index (Phi) is 4.00. The summed E-state index contributed by atoms with van der Waals surface area (Å²) in [6, 6.07) is 2.95. The molecule has 0 aliphatic carbocycles. The van der Waals surface area contributed by atoms with E-state index in [4.69, 9.17) is 5.11 Å². The van der Waals surface area contributed by atoms with Crippen LogP contribution in [0.25, 0.3) is 11.0 Å². The van der Waals surface area contributed by atoms with Crippen molar-refractivity contribution < 1.29 is 14.3 Å². The maximum Gasteiger partial charge on any atom is 0.313 e. The maximum absolute atomic E-state index is 13.6. The number of carbonyl (C=O) groups is 1. The zero-order valence-electron chi connectivity index (χ0n) is 10.2. The molecule has 1 heterocycles. The van der Waals surface area contributed by atoms with Crippen LogP contribution in [-0.2, 0) is 4.79 Å². The van der Waals surface area contributed by atoms with Crippen molar-refractivity contribution >= 4 is 44.7 Å². The van der Waals surface area contributed by atoms with E-state index in [0.29, 0.717) is 20.7 Å². The molecule has 1 aromatic carbocycles. The molecule has 0 aliphatic heterocycles. The maximum atomic E-state index is 13.6. The highest BCUT2D eigenvalue weighted by atomic mass is 79.9. The van der Waals surface area contributed by atoms with E-state index < -0.39 is 5.97 Å². The number of carboxylic acid groups (broad SMARTS) is 1. The predicted molar refractivity (Wildman–Crippen MR) is 75.8 cm³/mol. The molecule has 0 saturated heterocycles. The summed E-state index contributed by atoms with van der Waals surface area (Å²) in [6.45, 7) is 0. The number of nitrogens with zero attached hydrogens (tertiary/aromatic N) is 3. The number of aliphatic carboxylic acids is 1. The predicted octanol–water partition coefficient (Wildman–Crippen LogP) is 2.31. The van der Waals surface area contributed by atoms with Crippen LogP contribution in [0.5, 0.6) is 0 Å². The summed E-state index contributed by atoms with van der Waals surface area (Å²) in [5.41, 5.74) is 1.20. The van der Waals surface area contributed by atoms with Gasteiger partial charge in [0.15, 0.2) is 5.16 Å². The summed E-state index contributed by atoms with van der Waals surface area (Å²) in [7, 11) is 3.57. The van der Waals surface area contributed by atoms with Crippen LogP contribution >= 0.6 is 27.7 Å². The topological polar surface area (TPSA) is 58.4 Å². The molecule has 2 rings (SSSR count). The van der Waals surface area contributed by atoms with E-state index in [-0.39, 0.29) is 11.6 Å². The lowest BCUT2D eigenvalue weighted by atomic mass is 10.3. The number of hydrogen-bond acceptors (Lipinski definition) is 4. The van der Waals surface area contributed by atoms with Crippen LogP contribution in [-0.4, -0.2) is 40.6 Å². The number of imidazole rings is 1. The van der Waals surface area contributed by atoms with E-state index in [2.05, 4.69) is 20.9 Å². The van der Waals surface area contributed by atoms with E-state index in [1.165, 1.54) is 6.07 Å². The number of aromatic nitrogens is 2. The standard InChI is InChI=1S/C11H11BrFN3O2S/c1-15(2)16-9-4-7(13)6(12)3-8(9)14-11(16)19-5-10(17)18/h3-4H,5H2,1-2H3,(H,17,18). The highest BCUT2D eigenvalue weighted by molar-refractivity contribution is 9.10. The first-order chi connectivity index (χ1) is 8.90. The van der Waals surface area contributed by atoms with E-state index >= 15 is 0 Å². The molecule has 102 valence electrons. The molecule has 8 heteroatoms. The highest BCUT2D eigenvalue weighted by Gasteiger charge is 2.16. The summed E-state index contributed by atoms with van der Waals surface area (Å²) in [5, 5.41) is 11.0. The summed E-state index contributed by atoms with van der Waals surface area (Å²) in [5.74, 6) is -1.40. The fourth-order valence-corrected chi connectivity index (χ4v) is 2.78. The quantitative estimate of drug-likeness (QED) is 0.860. The van der Waals surface area contributed by atoms with Crippen LogP contribution in [0.1, 0.15) is 0 Å². The van der Waals surface area contributed by atoms with Crippen LogP contribution < -0.4 is 5.01 Å². The van der Waals surface area contributed by atoms with Crippen LogP contribution in [0, 0.1) is 5.82 Å². The number of halogens is 2. The fourth-order valence-electron chi connectivity index (χ4n) is 1.64. The van der Waals surface area contributed by atoms with Crippen molar-refractivity contribution in [2.75, 3.05) is 24.9 Å². The molecule has 0 spiro atoms. The average Bonchev–Trinajstić information content (AvgIpc) is 2.64. The lowest BCUT2D eigenvalue weighted by Gasteiger charge is -2.17. The Bertz CT molecular complexity index is 644. The second-order valence-electron chi connectivity index (χ2n) is 3.99. The first-order valence-corrected chi connectivity index (χ1v) is 7.07. The largest absolute Gasteiger partial charge is 0.481 e. The molecule has 0 atom stereocenters. The van der Waals surface area contributed by atoms with Crippen molar-refractivity contribution in [1.82, 2.24) is 9.66 Å². The first kappa shape index (κ1) is 14.1. The van der Waals surface area contributed by atoms with E-state index in [1.807, 2.05) is 0 Å². The number of carboxylic acids is 1. The number of benzene rings is 1. The van der Waals surface area contributed by atoms with Gasteiger partial charge in [-0.25, -0.2) is 14.1 Å². The summed E-state index contributed by atoms with van der Waals surface area (Å²) >= 11 is 4.20. The number of rotatable bonds is 4. The van der Waals surface area contributed by atoms with Gasteiger partial charge in [-0.3, -0.25) is 4.79 Å². The minimum absolute atomic E-state index is 0.0964. The van der Waals surface area contributed by atoms with Crippen LogP contribution in [0.15, 0.2) is 21.8 Å². The lowest BCUT2D eigenvalue weighted by Crippen LogP contribution is -2.25. The van der Waals surface area contributed by atoms with Crippen molar-refractivity contribution in [3.05, 3.63) is 22.4 Å². The van der Waals surface area contributed by atoms with Gasteiger partial charge in [-0.1, -0.05) is 11.8 Å². The molecule has 0 unspecified atom stereocenters. The third-order valence-corrected chi connectivity index (χ3v) is 3.89. The van der Waals surface area contributed by atoms with Gasteiger partial charge in [-0.2, -0.15) is 0 Å². The van der Waals surface area contributed by atoms with Gasteiger partial charge in [0.2, 0.25) is 0 Å². The second-order valence-corrected chi connectivity index (χ2v) is 5.79. The molecule has 5 nitrogen and oxygen atoms in total. The molecule has 0 fully saturated rings. The SMILES string of the molecule is CN(C)n1c(SCC(=O)O)nc2cc(Br)c(F)cc21. The van der Waals surface area contributed by atoms with Gasteiger partial charge < -0.3 is 10.1 Å². The fraction of sp³-hybridized carbons (Fsp3) is 0.273. The van der Waals surface area contributed by atoms with Gasteiger partial charge in [0.05, 0.1) is 21.3 Å². The molecule has 0 radical (unpaired) electrons. The molecule has 1 N–H and O–H groups in total. The normalized spacial score (nSPS) is 10.9. The summed E-state index contributed by atoms with van der Waals surface area (Å²) in [6.07, 6.45) is 0. The second kappa shape index (κ2) is 5.38. The van der Waals surface area contributed by atoms with Crippen molar-refractivity contribution in [3.63, 3.8) is 0 Å². The molecule has 0 saturated carbocycles. The van der Waals surface area contributed by atoms with Crippen LogP contribution in [0.2, 0.25) is 0 Å². The third kappa shape index (κ3) is 2.84. The summed E-state index contributed by atoms with van der Waals surface area (Å²) < 4.78 is 15.6. The van der Waals surface area contributed by atoms with E-state index in [1.54, 1.807) is 29.8 Å². The Balaban J connectivity index is 2.56. The van der Waals surface area contributed by atoms with Crippen LogP contribution in [0.4, 0.5) is 4.39 Å². The lowest BCUT2D eigenvalue weighted by molar-refractivity contribution is -0.133. The molecule has 1 aromatic heterocycles. The number of hydrogen-bond donors (Lipinski definition) is 1.